The van der Waals surface area contributed by atoms with Gasteiger partial charge in [-0.25, -0.2) is 4.79 Å². The largest absolute Gasteiger partial charge is 0.409 e. The molecule has 1 unspecified atom stereocenters. The third kappa shape index (κ3) is 3.10. The Bertz CT molecular complexity index is 913. The van der Waals surface area contributed by atoms with Crippen LogP contribution in [0.3, 0.4) is 0 Å². The highest BCUT2D eigenvalue weighted by molar-refractivity contribution is 6.12. The van der Waals surface area contributed by atoms with E-state index in [1.165, 1.54) is 24.3 Å². The summed E-state index contributed by atoms with van der Waals surface area (Å²) in [5, 5.41) is 4.89. The number of para-hydroxylation sites is 2. The SMILES string of the molecule is O=C1CC(C(F)(F)F)N(C(=O)CN2C(=O)NC3(CCC3)C2=O)c2ccccc2N1. The Kier molecular flexibility index (Phi) is 4.28. The van der Waals surface area contributed by atoms with E-state index in [2.05, 4.69) is 10.6 Å². The third-order valence-electron chi connectivity index (χ3n) is 5.52. The molecule has 1 saturated heterocycles. The average Bonchev–Trinajstić information content (AvgIpc) is 2.77. The highest BCUT2D eigenvalue weighted by Gasteiger charge is 2.56. The molecule has 29 heavy (non-hydrogen) atoms. The van der Waals surface area contributed by atoms with Crippen LogP contribution in [0.2, 0.25) is 0 Å². The molecule has 1 aromatic carbocycles. The van der Waals surface area contributed by atoms with Crippen molar-refractivity contribution in [2.24, 2.45) is 0 Å². The Morgan fingerprint density at radius 1 is 1.17 bits per heavy atom. The standard InChI is InChI=1S/C18H17F3N4O4/c19-18(20,21)12-8-13(26)22-10-4-1-2-5-11(10)25(12)14(27)9-24-15(28)17(6-3-7-17)23-16(24)29/h1-2,4-5,12H,3,6-9H2,(H,22,26)(H,23,29). The number of fused-ring (bicyclic) bond motifs is 1. The zero-order valence-corrected chi connectivity index (χ0v) is 15.1. The van der Waals surface area contributed by atoms with Gasteiger partial charge in [0.2, 0.25) is 11.8 Å². The Hall–Kier alpha value is -3.11. The number of imide groups is 1. The lowest BCUT2D eigenvalue weighted by atomic mass is 9.77. The van der Waals surface area contributed by atoms with Gasteiger partial charge in [-0.3, -0.25) is 24.2 Å². The van der Waals surface area contributed by atoms with Gasteiger partial charge in [0.1, 0.15) is 18.1 Å². The van der Waals surface area contributed by atoms with Crippen molar-refractivity contribution in [1.29, 1.82) is 0 Å². The van der Waals surface area contributed by atoms with Crippen LogP contribution >= 0.6 is 0 Å². The van der Waals surface area contributed by atoms with Crippen LogP contribution in [0.5, 0.6) is 0 Å². The fourth-order valence-electron chi connectivity index (χ4n) is 3.90. The lowest BCUT2D eigenvalue weighted by molar-refractivity contribution is -0.158. The van der Waals surface area contributed by atoms with Crippen LogP contribution in [0, 0.1) is 0 Å². The topological polar surface area (TPSA) is 98.8 Å². The number of rotatable bonds is 2. The van der Waals surface area contributed by atoms with Crippen LogP contribution in [0.1, 0.15) is 25.7 Å². The highest BCUT2D eigenvalue weighted by atomic mass is 19.4. The number of benzene rings is 1. The van der Waals surface area contributed by atoms with Crippen LogP contribution in [-0.2, 0) is 14.4 Å². The molecule has 154 valence electrons. The maximum absolute atomic E-state index is 13.7. The predicted molar refractivity (Wildman–Crippen MR) is 93.8 cm³/mol. The summed E-state index contributed by atoms with van der Waals surface area (Å²) in [5.74, 6) is -2.60. The summed E-state index contributed by atoms with van der Waals surface area (Å²) in [7, 11) is 0. The van der Waals surface area contributed by atoms with Crippen LogP contribution in [0.15, 0.2) is 24.3 Å². The second-order valence-electron chi connectivity index (χ2n) is 7.35. The monoisotopic (exact) mass is 410 g/mol. The van der Waals surface area contributed by atoms with Crippen molar-refractivity contribution in [3.8, 4) is 0 Å². The van der Waals surface area contributed by atoms with Crippen molar-refractivity contribution >= 4 is 35.1 Å². The maximum Gasteiger partial charge on any atom is 0.409 e. The fraction of sp³-hybridized carbons (Fsp3) is 0.444. The van der Waals surface area contributed by atoms with Crippen molar-refractivity contribution in [2.75, 3.05) is 16.8 Å². The normalized spacial score (nSPS) is 23.3. The summed E-state index contributed by atoms with van der Waals surface area (Å²) < 4.78 is 41.2. The molecule has 2 aliphatic heterocycles. The Morgan fingerprint density at radius 3 is 2.45 bits per heavy atom. The molecule has 0 bridgehead atoms. The Balaban J connectivity index is 1.68. The molecule has 1 saturated carbocycles. The number of hydrogen-bond donors (Lipinski definition) is 2. The van der Waals surface area contributed by atoms with Gasteiger partial charge in [-0.05, 0) is 31.4 Å². The van der Waals surface area contributed by atoms with E-state index in [9.17, 15) is 32.3 Å². The molecule has 2 N–H and O–H groups in total. The maximum atomic E-state index is 13.7. The van der Waals surface area contributed by atoms with Gasteiger partial charge in [-0.2, -0.15) is 13.2 Å². The second kappa shape index (κ2) is 6.46. The van der Waals surface area contributed by atoms with Crippen molar-refractivity contribution in [2.45, 2.75) is 43.4 Å². The van der Waals surface area contributed by atoms with Crippen LogP contribution in [-0.4, -0.2) is 53.0 Å². The molecule has 1 aliphatic carbocycles. The molecule has 3 aliphatic rings. The number of carbonyl (C=O) groups excluding carboxylic acids is 4. The van der Waals surface area contributed by atoms with Gasteiger partial charge < -0.3 is 10.6 Å². The number of anilines is 2. The first kappa shape index (κ1) is 19.2. The summed E-state index contributed by atoms with van der Waals surface area (Å²) in [4.78, 5) is 50.8. The van der Waals surface area contributed by atoms with E-state index in [0.717, 1.165) is 6.42 Å². The highest BCUT2D eigenvalue weighted by Crippen LogP contribution is 2.39. The molecule has 5 amide bonds. The number of carbonyl (C=O) groups is 4. The molecule has 4 rings (SSSR count). The summed E-state index contributed by atoms with van der Waals surface area (Å²) in [5.41, 5.74) is -1.14. The van der Waals surface area contributed by atoms with Crippen molar-refractivity contribution in [3.63, 3.8) is 0 Å². The summed E-state index contributed by atoms with van der Waals surface area (Å²) in [6.07, 6.45) is -4.29. The molecule has 1 spiro atoms. The number of alkyl halides is 3. The Labute approximate surface area is 163 Å². The number of amides is 5. The van der Waals surface area contributed by atoms with Gasteiger partial charge in [0, 0.05) is 0 Å². The summed E-state index contributed by atoms with van der Waals surface area (Å²) in [6.45, 7) is -0.846. The minimum Gasteiger partial charge on any atom is -0.324 e. The molecule has 0 radical (unpaired) electrons. The lowest BCUT2D eigenvalue weighted by Crippen LogP contribution is -2.54. The minimum absolute atomic E-state index is 0.0465. The van der Waals surface area contributed by atoms with Crippen molar-refractivity contribution in [3.05, 3.63) is 24.3 Å². The van der Waals surface area contributed by atoms with Crippen LogP contribution in [0.25, 0.3) is 0 Å². The summed E-state index contributed by atoms with van der Waals surface area (Å²) >= 11 is 0. The van der Waals surface area contributed by atoms with Crippen molar-refractivity contribution < 1.29 is 32.3 Å². The molecule has 1 aromatic rings. The quantitative estimate of drug-likeness (QED) is 0.726. The molecule has 0 aromatic heterocycles. The van der Waals surface area contributed by atoms with Crippen molar-refractivity contribution in [1.82, 2.24) is 10.2 Å². The van der Waals surface area contributed by atoms with E-state index in [4.69, 9.17) is 0 Å². The Morgan fingerprint density at radius 2 is 1.86 bits per heavy atom. The number of urea groups is 1. The third-order valence-corrected chi connectivity index (χ3v) is 5.52. The fourth-order valence-corrected chi connectivity index (χ4v) is 3.90. The van der Waals surface area contributed by atoms with Gasteiger partial charge in [0.05, 0.1) is 17.8 Å². The minimum atomic E-state index is -4.89. The first-order valence-corrected chi connectivity index (χ1v) is 9.04. The van der Waals surface area contributed by atoms with E-state index >= 15 is 0 Å². The van der Waals surface area contributed by atoms with E-state index in [-0.39, 0.29) is 11.4 Å². The van der Waals surface area contributed by atoms with E-state index in [1.54, 1.807) is 0 Å². The molecule has 8 nitrogen and oxygen atoms in total. The molecule has 1 atom stereocenters. The zero-order valence-electron chi connectivity index (χ0n) is 15.1. The van der Waals surface area contributed by atoms with E-state index in [0.29, 0.717) is 22.6 Å². The predicted octanol–water partition coefficient (Wildman–Crippen LogP) is 1.77. The molecule has 2 fully saturated rings. The smallest absolute Gasteiger partial charge is 0.324 e. The van der Waals surface area contributed by atoms with Gasteiger partial charge in [-0.15, -0.1) is 0 Å². The van der Waals surface area contributed by atoms with Gasteiger partial charge in [0.15, 0.2) is 0 Å². The average molecular weight is 410 g/mol. The second-order valence-corrected chi connectivity index (χ2v) is 7.35. The van der Waals surface area contributed by atoms with Gasteiger partial charge >= 0.3 is 12.2 Å². The molecular weight excluding hydrogens is 393 g/mol. The lowest BCUT2D eigenvalue weighted by Gasteiger charge is -2.35. The van der Waals surface area contributed by atoms with E-state index < -0.39 is 54.5 Å². The van der Waals surface area contributed by atoms with Gasteiger partial charge in [0.25, 0.3) is 5.91 Å². The van der Waals surface area contributed by atoms with E-state index in [1.807, 2.05) is 0 Å². The number of nitrogens with zero attached hydrogens (tertiary/aromatic N) is 2. The number of hydrogen-bond acceptors (Lipinski definition) is 4. The first-order chi connectivity index (χ1) is 13.6. The van der Waals surface area contributed by atoms with Gasteiger partial charge in [-0.1, -0.05) is 12.1 Å². The molecule has 11 heteroatoms. The zero-order chi connectivity index (χ0) is 21.0. The molecule has 2 heterocycles. The summed E-state index contributed by atoms with van der Waals surface area (Å²) in [6, 6.07) is 2.37. The molecular formula is C18H17F3N4O4. The van der Waals surface area contributed by atoms with Crippen LogP contribution < -0.4 is 15.5 Å². The number of halogens is 3. The number of nitrogens with one attached hydrogen (secondary N) is 2. The van der Waals surface area contributed by atoms with Crippen LogP contribution in [0.4, 0.5) is 29.3 Å². The first-order valence-electron chi connectivity index (χ1n) is 9.04.